The number of likely N-dealkylation sites (N-methyl/N-ethyl adjacent to an activating group) is 1. The fraction of sp³-hybridized carbons (Fsp3) is 0.412. The van der Waals surface area contributed by atoms with Crippen molar-refractivity contribution in [2.24, 2.45) is 5.92 Å². The van der Waals surface area contributed by atoms with Crippen LogP contribution in [0.2, 0.25) is 0 Å². The van der Waals surface area contributed by atoms with E-state index in [-0.39, 0.29) is 49.5 Å². The van der Waals surface area contributed by atoms with Gasteiger partial charge in [-0.15, -0.1) is 0 Å². The van der Waals surface area contributed by atoms with E-state index in [9.17, 15) is 14.7 Å². The van der Waals surface area contributed by atoms with E-state index >= 15 is 0 Å². The first-order chi connectivity index (χ1) is 20.2. The minimum atomic E-state index is -0.899. The number of rotatable bonds is 13. The van der Waals surface area contributed by atoms with Crippen LogP contribution in [0.1, 0.15) is 79.4 Å². The predicted octanol–water partition coefficient (Wildman–Crippen LogP) is 5.53. The third-order valence-corrected chi connectivity index (χ3v) is 8.07. The van der Waals surface area contributed by atoms with Crippen LogP contribution in [0.15, 0.2) is 78.9 Å². The van der Waals surface area contributed by atoms with Gasteiger partial charge < -0.3 is 25.0 Å². The normalized spacial score (nSPS) is 21.2. The number of aliphatic hydroxyl groups excluding tert-OH is 1. The number of carbonyl (C=O) groups is 2. The van der Waals surface area contributed by atoms with Gasteiger partial charge in [0.2, 0.25) is 5.91 Å². The van der Waals surface area contributed by atoms with E-state index in [1.807, 2.05) is 54.6 Å². The van der Waals surface area contributed by atoms with Gasteiger partial charge in [-0.05, 0) is 42.6 Å². The standard InChI is InChI=1S/C34H42N2O6/c1-23-30(21-36(3)24(2)27-8-5-4-6-9-27)41-34(42-33(23)28-16-14-26(22-37)15-17-28)29-18-12-25(13-19-29)20-35-31(38)10-7-11-32(39)40/h4-6,8-9,12-19,23-24,30,33-34,37H,7,10-11,20-22H2,1-3H3,(H,35,38)(H,39,40)/t23-,24-,30+,33+,34+/m0/s1. The molecular formula is C34H42N2O6. The van der Waals surface area contributed by atoms with Gasteiger partial charge in [0, 0.05) is 43.5 Å². The van der Waals surface area contributed by atoms with Gasteiger partial charge >= 0.3 is 5.97 Å². The molecule has 1 heterocycles. The van der Waals surface area contributed by atoms with Gasteiger partial charge in [0.1, 0.15) is 0 Å². The maximum absolute atomic E-state index is 12.1. The van der Waals surface area contributed by atoms with Gasteiger partial charge in [-0.25, -0.2) is 0 Å². The van der Waals surface area contributed by atoms with Crippen molar-refractivity contribution in [3.63, 3.8) is 0 Å². The highest BCUT2D eigenvalue weighted by molar-refractivity contribution is 5.76. The lowest BCUT2D eigenvalue weighted by Crippen LogP contribution is -2.44. The fourth-order valence-electron chi connectivity index (χ4n) is 5.24. The summed E-state index contributed by atoms with van der Waals surface area (Å²) in [6.45, 7) is 5.43. The number of carbonyl (C=O) groups excluding carboxylic acids is 1. The number of aliphatic hydroxyl groups is 1. The smallest absolute Gasteiger partial charge is 0.303 e. The first-order valence-corrected chi connectivity index (χ1v) is 14.6. The van der Waals surface area contributed by atoms with Crippen molar-refractivity contribution in [3.8, 4) is 0 Å². The quantitative estimate of drug-likeness (QED) is 0.246. The fourth-order valence-corrected chi connectivity index (χ4v) is 5.24. The monoisotopic (exact) mass is 574 g/mol. The van der Waals surface area contributed by atoms with E-state index in [0.29, 0.717) is 19.5 Å². The molecule has 224 valence electrons. The van der Waals surface area contributed by atoms with Gasteiger partial charge in [0.05, 0.1) is 18.8 Å². The maximum atomic E-state index is 12.1. The Balaban J connectivity index is 1.47. The second-order valence-electron chi connectivity index (χ2n) is 11.1. The van der Waals surface area contributed by atoms with Crippen molar-refractivity contribution in [2.75, 3.05) is 13.6 Å². The number of nitrogens with one attached hydrogen (secondary N) is 1. The molecule has 0 bridgehead atoms. The predicted molar refractivity (Wildman–Crippen MR) is 160 cm³/mol. The molecule has 8 nitrogen and oxygen atoms in total. The van der Waals surface area contributed by atoms with Crippen LogP contribution in [0.25, 0.3) is 0 Å². The lowest BCUT2D eigenvalue weighted by Gasteiger charge is -2.43. The Morgan fingerprint density at radius 1 is 0.905 bits per heavy atom. The molecular weight excluding hydrogens is 532 g/mol. The van der Waals surface area contributed by atoms with Crippen LogP contribution in [0, 0.1) is 5.92 Å². The summed E-state index contributed by atoms with van der Waals surface area (Å²) >= 11 is 0. The Morgan fingerprint density at radius 2 is 1.55 bits per heavy atom. The zero-order valence-corrected chi connectivity index (χ0v) is 24.6. The second kappa shape index (κ2) is 15.1. The summed E-state index contributed by atoms with van der Waals surface area (Å²) in [5.41, 5.74) is 4.96. The van der Waals surface area contributed by atoms with Gasteiger partial charge in [-0.3, -0.25) is 14.5 Å². The lowest BCUT2D eigenvalue weighted by atomic mass is 9.89. The molecule has 1 aliphatic heterocycles. The minimum Gasteiger partial charge on any atom is -0.481 e. The summed E-state index contributed by atoms with van der Waals surface area (Å²) in [6, 6.07) is 26.4. The Labute approximate surface area is 248 Å². The highest BCUT2D eigenvalue weighted by atomic mass is 16.7. The lowest BCUT2D eigenvalue weighted by molar-refractivity contribution is -0.276. The molecule has 1 fully saturated rings. The summed E-state index contributed by atoms with van der Waals surface area (Å²) < 4.78 is 13.2. The average Bonchev–Trinajstić information content (AvgIpc) is 3.01. The van der Waals surface area contributed by atoms with Crippen molar-refractivity contribution in [2.45, 2.75) is 70.8 Å². The number of carboxylic acid groups (broad SMARTS) is 1. The van der Waals surface area contributed by atoms with E-state index in [4.69, 9.17) is 14.6 Å². The SMILES string of the molecule is C[C@H]1[C@@H](CN(C)[C@@H](C)c2ccccc2)O[C@@H](c2ccc(CNC(=O)CCCC(=O)O)cc2)O[C@H]1c1ccc(CO)cc1. The molecule has 1 saturated heterocycles. The van der Waals surface area contributed by atoms with Crippen molar-refractivity contribution in [1.82, 2.24) is 10.2 Å². The molecule has 0 unspecified atom stereocenters. The Kier molecular flexibility index (Phi) is 11.3. The molecule has 1 aliphatic rings. The zero-order chi connectivity index (χ0) is 30.1. The minimum absolute atomic E-state index is 0.00692. The van der Waals surface area contributed by atoms with E-state index in [2.05, 4.69) is 55.4 Å². The number of hydrogen-bond donors (Lipinski definition) is 3. The number of nitrogens with zero attached hydrogens (tertiary/aromatic N) is 1. The molecule has 5 atom stereocenters. The Hall–Kier alpha value is -3.56. The third-order valence-electron chi connectivity index (χ3n) is 8.07. The third kappa shape index (κ3) is 8.49. The zero-order valence-electron chi connectivity index (χ0n) is 24.6. The molecule has 3 aromatic rings. The summed E-state index contributed by atoms with van der Waals surface area (Å²) in [5.74, 6) is -0.994. The molecule has 42 heavy (non-hydrogen) atoms. The number of ether oxygens (including phenoxy) is 2. The molecule has 0 aromatic heterocycles. The molecule has 0 spiro atoms. The number of aliphatic carboxylic acids is 1. The molecule has 0 aliphatic carbocycles. The van der Waals surface area contributed by atoms with Crippen LogP contribution in [-0.4, -0.2) is 46.7 Å². The van der Waals surface area contributed by atoms with E-state index in [1.165, 1.54) is 5.56 Å². The summed E-state index contributed by atoms with van der Waals surface area (Å²) in [5, 5.41) is 21.1. The van der Waals surface area contributed by atoms with Gasteiger partial charge in [0.15, 0.2) is 6.29 Å². The molecule has 1 amide bonds. The van der Waals surface area contributed by atoms with Crippen LogP contribution < -0.4 is 5.32 Å². The topological polar surface area (TPSA) is 108 Å². The molecule has 3 aromatic carbocycles. The maximum Gasteiger partial charge on any atom is 0.303 e. The first kappa shape index (κ1) is 31.4. The largest absolute Gasteiger partial charge is 0.481 e. The summed E-state index contributed by atoms with van der Waals surface area (Å²) in [4.78, 5) is 25.0. The van der Waals surface area contributed by atoms with Crippen molar-refractivity contribution in [1.29, 1.82) is 0 Å². The van der Waals surface area contributed by atoms with Crippen molar-refractivity contribution in [3.05, 3.63) is 107 Å². The van der Waals surface area contributed by atoms with Crippen LogP contribution in [0.3, 0.4) is 0 Å². The number of hydrogen-bond acceptors (Lipinski definition) is 6. The number of benzene rings is 3. The van der Waals surface area contributed by atoms with Crippen LogP contribution >= 0.6 is 0 Å². The van der Waals surface area contributed by atoms with Crippen LogP contribution in [0.5, 0.6) is 0 Å². The van der Waals surface area contributed by atoms with Crippen molar-refractivity contribution >= 4 is 11.9 Å². The molecule has 8 heteroatoms. The van der Waals surface area contributed by atoms with Crippen LogP contribution in [-0.2, 0) is 32.2 Å². The van der Waals surface area contributed by atoms with E-state index in [0.717, 1.165) is 22.3 Å². The van der Waals surface area contributed by atoms with E-state index < -0.39 is 12.3 Å². The molecule has 4 rings (SSSR count). The second-order valence-corrected chi connectivity index (χ2v) is 11.1. The molecule has 0 radical (unpaired) electrons. The Bertz CT molecular complexity index is 1280. The summed E-state index contributed by atoms with van der Waals surface area (Å²) in [6.07, 6.45) is -0.394. The van der Waals surface area contributed by atoms with Gasteiger partial charge in [0.25, 0.3) is 0 Å². The molecule has 3 N–H and O–H groups in total. The highest BCUT2D eigenvalue weighted by Crippen LogP contribution is 2.42. The first-order valence-electron chi connectivity index (χ1n) is 14.6. The number of carboxylic acids is 1. The Morgan fingerprint density at radius 3 is 2.19 bits per heavy atom. The van der Waals surface area contributed by atoms with Gasteiger partial charge in [-0.2, -0.15) is 0 Å². The number of amides is 1. The summed E-state index contributed by atoms with van der Waals surface area (Å²) in [7, 11) is 2.12. The van der Waals surface area contributed by atoms with Crippen molar-refractivity contribution < 1.29 is 29.3 Å². The highest BCUT2D eigenvalue weighted by Gasteiger charge is 2.39. The van der Waals surface area contributed by atoms with E-state index in [1.54, 1.807) is 0 Å². The van der Waals surface area contributed by atoms with Gasteiger partial charge in [-0.1, -0.05) is 85.8 Å². The molecule has 0 saturated carbocycles. The van der Waals surface area contributed by atoms with Crippen LogP contribution in [0.4, 0.5) is 0 Å². The average molecular weight is 575 g/mol.